The highest BCUT2D eigenvalue weighted by molar-refractivity contribution is 5.84. The van der Waals surface area contributed by atoms with Gasteiger partial charge in [-0.15, -0.1) is 0 Å². The third kappa shape index (κ3) is 4.48. The van der Waals surface area contributed by atoms with Crippen molar-refractivity contribution < 1.29 is 9.53 Å². The molecule has 1 atom stereocenters. The van der Waals surface area contributed by atoms with E-state index in [-0.39, 0.29) is 12.0 Å². The Balaban J connectivity index is 1.68. The molecular formula is C22H27N3O2. The molecule has 5 heteroatoms. The van der Waals surface area contributed by atoms with E-state index in [1.165, 1.54) is 0 Å². The van der Waals surface area contributed by atoms with Gasteiger partial charge < -0.3 is 14.2 Å². The summed E-state index contributed by atoms with van der Waals surface area (Å²) in [6, 6.07) is 9.44. The maximum atomic E-state index is 13.3. The number of carbonyl (C=O) groups excluding carboxylic acids is 1. The average molecular weight is 365 g/mol. The fourth-order valence-corrected chi connectivity index (χ4v) is 3.47. The Morgan fingerprint density at radius 1 is 1.30 bits per heavy atom. The number of nitrogens with zero attached hydrogens (tertiary/aromatic N) is 3. The van der Waals surface area contributed by atoms with Crippen LogP contribution in [-0.2, 0) is 4.79 Å². The number of likely N-dealkylation sites (tertiary alicyclic amines) is 1. The van der Waals surface area contributed by atoms with E-state index in [1.54, 1.807) is 12.4 Å². The van der Waals surface area contributed by atoms with Gasteiger partial charge in [0.05, 0.1) is 12.0 Å². The molecule has 5 nitrogen and oxygen atoms in total. The zero-order valence-corrected chi connectivity index (χ0v) is 16.0. The number of rotatable bonds is 6. The highest BCUT2D eigenvalue weighted by Gasteiger charge is 2.31. The van der Waals surface area contributed by atoms with Gasteiger partial charge in [-0.2, -0.15) is 0 Å². The van der Waals surface area contributed by atoms with Gasteiger partial charge in [-0.3, -0.25) is 4.79 Å². The molecule has 0 N–H and O–H groups in total. The van der Waals surface area contributed by atoms with Crippen LogP contribution in [-0.4, -0.2) is 39.6 Å². The first-order valence-electron chi connectivity index (χ1n) is 9.41. The fraction of sp³-hybridized carbons (Fsp3) is 0.364. The Morgan fingerprint density at radius 2 is 2.00 bits per heavy atom. The number of amides is 1. The second-order valence-corrected chi connectivity index (χ2v) is 6.81. The Hall–Kier alpha value is -2.82. The minimum atomic E-state index is -0.416. The zero-order chi connectivity index (χ0) is 19.2. The smallest absolute Gasteiger partial charge is 0.250 e. The van der Waals surface area contributed by atoms with Crippen molar-refractivity contribution in [3.05, 3.63) is 72.9 Å². The molecular weight excluding hydrogens is 338 g/mol. The zero-order valence-electron chi connectivity index (χ0n) is 16.0. The Labute approximate surface area is 161 Å². The van der Waals surface area contributed by atoms with Gasteiger partial charge in [0.25, 0.3) is 0 Å². The number of para-hydroxylation sites is 1. The van der Waals surface area contributed by atoms with Gasteiger partial charge in [-0.1, -0.05) is 36.9 Å². The molecule has 0 bridgehead atoms. The molecule has 2 aromatic rings. The van der Waals surface area contributed by atoms with E-state index in [2.05, 4.69) is 11.6 Å². The molecule has 1 saturated heterocycles. The first kappa shape index (κ1) is 19.0. The van der Waals surface area contributed by atoms with Crippen molar-refractivity contribution in [1.82, 2.24) is 14.5 Å². The lowest BCUT2D eigenvalue weighted by atomic mass is 10.0. The van der Waals surface area contributed by atoms with Crippen molar-refractivity contribution in [3.63, 3.8) is 0 Å². The molecule has 1 aliphatic heterocycles. The Bertz CT molecular complexity index is 802. The molecule has 2 heterocycles. The predicted octanol–water partition coefficient (Wildman–Crippen LogP) is 3.93. The molecule has 0 saturated carbocycles. The molecule has 3 rings (SSSR count). The number of allylic oxidation sites excluding steroid dienone is 2. The van der Waals surface area contributed by atoms with E-state index in [9.17, 15) is 4.79 Å². The summed E-state index contributed by atoms with van der Waals surface area (Å²) in [7, 11) is 0. The van der Waals surface area contributed by atoms with Gasteiger partial charge in [-0.25, -0.2) is 4.98 Å². The minimum absolute atomic E-state index is 0.0820. The molecule has 0 radical (unpaired) electrons. The van der Waals surface area contributed by atoms with Crippen molar-refractivity contribution in [2.24, 2.45) is 0 Å². The molecule has 142 valence electrons. The van der Waals surface area contributed by atoms with Crippen LogP contribution in [0.2, 0.25) is 0 Å². The maximum absolute atomic E-state index is 13.3. The molecule has 1 amide bonds. The lowest BCUT2D eigenvalue weighted by Gasteiger charge is -2.35. The van der Waals surface area contributed by atoms with E-state index < -0.39 is 6.04 Å². The normalized spacial score (nSPS) is 16.8. The first-order chi connectivity index (χ1) is 13.1. The van der Waals surface area contributed by atoms with Crippen molar-refractivity contribution in [1.29, 1.82) is 0 Å². The summed E-state index contributed by atoms with van der Waals surface area (Å²) >= 11 is 0. The molecule has 1 fully saturated rings. The monoisotopic (exact) mass is 365 g/mol. The van der Waals surface area contributed by atoms with Crippen LogP contribution in [0.3, 0.4) is 0 Å². The summed E-state index contributed by atoms with van der Waals surface area (Å²) in [6.45, 7) is 9.11. The Kier molecular flexibility index (Phi) is 6.12. The van der Waals surface area contributed by atoms with Gasteiger partial charge in [0.2, 0.25) is 5.91 Å². The number of piperidine rings is 1. The number of ether oxygens (including phenoxy) is 1. The molecule has 1 aromatic heterocycles. The fourth-order valence-electron chi connectivity index (χ4n) is 3.47. The molecule has 0 aliphatic carbocycles. The van der Waals surface area contributed by atoms with E-state index in [0.717, 1.165) is 29.9 Å². The third-order valence-electron chi connectivity index (χ3n) is 4.95. The summed E-state index contributed by atoms with van der Waals surface area (Å²) in [5.74, 6) is 0.968. The van der Waals surface area contributed by atoms with Crippen molar-refractivity contribution >= 4 is 5.91 Å². The van der Waals surface area contributed by atoms with E-state index in [4.69, 9.17) is 4.74 Å². The highest BCUT2D eigenvalue weighted by Crippen LogP contribution is 2.25. The predicted molar refractivity (Wildman–Crippen MR) is 107 cm³/mol. The molecule has 0 spiro atoms. The number of benzene rings is 1. The molecule has 1 aliphatic rings. The van der Waals surface area contributed by atoms with Crippen molar-refractivity contribution in [2.75, 3.05) is 13.1 Å². The van der Waals surface area contributed by atoms with Crippen LogP contribution in [0, 0.1) is 6.92 Å². The number of carbonyl (C=O) groups is 1. The number of hydrogen-bond acceptors (Lipinski definition) is 3. The molecule has 27 heavy (non-hydrogen) atoms. The third-order valence-corrected chi connectivity index (χ3v) is 4.95. The average Bonchev–Trinajstić information content (AvgIpc) is 3.12. The van der Waals surface area contributed by atoms with Gasteiger partial charge in [0, 0.05) is 32.1 Å². The largest absolute Gasteiger partial charge is 0.490 e. The maximum Gasteiger partial charge on any atom is 0.250 e. The van der Waals surface area contributed by atoms with Crippen LogP contribution in [0.1, 0.15) is 31.5 Å². The van der Waals surface area contributed by atoms with Gasteiger partial charge in [0.1, 0.15) is 17.9 Å². The Morgan fingerprint density at radius 3 is 2.56 bits per heavy atom. The topological polar surface area (TPSA) is 47.4 Å². The van der Waals surface area contributed by atoms with E-state index in [0.29, 0.717) is 13.1 Å². The quantitative estimate of drug-likeness (QED) is 0.729. The number of hydrogen-bond donors (Lipinski definition) is 0. The summed E-state index contributed by atoms with van der Waals surface area (Å²) in [5, 5.41) is 0. The summed E-state index contributed by atoms with van der Waals surface area (Å²) in [5.41, 5.74) is 1.78. The van der Waals surface area contributed by atoms with Crippen LogP contribution in [0.15, 0.2) is 67.2 Å². The minimum Gasteiger partial charge on any atom is -0.490 e. The number of imidazole rings is 1. The number of aromatic nitrogens is 2. The van der Waals surface area contributed by atoms with Gasteiger partial charge in [-0.05, 0) is 31.6 Å². The standard InChI is InChI=1S/C22H27N3O2/c1-4-18(5-2)21(25-15-17(3)23-16-25)22(26)24-13-11-20(12-14-24)27-19-9-7-6-8-10-19/h4-10,15-16,20-21H,1,11-14H2,2-3H3/b18-5+. The highest BCUT2D eigenvalue weighted by atomic mass is 16.5. The van der Waals surface area contributed by atoms with Crippen LogP contribution >= 0.6 is 0 Å². The summed E-state index contributed by atoms with van der Waals surface area (Å²) in [4.78, 5) is 19.5. The lowest BCUT2D eigenvalue weighted by Crippen LogP contribution is -2.45. The van der Waals surface area contributed by atoms with Crippen LogP contribution in [0.4, 0.5) is 0 Å². The second-order valence-electron chi connectivity index (χ2n) is 6.81. The summed E-state index contributed by atoms with van der Waals surface area (Å²) in [6.07, 6.45) is 9.12. The summed E-state index contributed by atoms with van der Waals surface area (Å²) < 4.78 is 7.92. The molecule has 1 unspecified atom stereocenters. The van der Waals surface area contributed by atoms with Gasteiger partial charge in [0.15, 0.2) is 0 Å². The van der Waals surface area contributed by atoms with E-state index in [1.807, 2.05) is 65.9 Å². The van der Waals surface area contributed by atoms with Crippen LogP contribution in [0.5, 0.6) is 5.75 Å². The SMILES string of the molecule is C=C/C(=C\C)C(C(=O)N1CCC(Oc2ccccc2)CC1)n1cnc(C)c1. The second kappa shape index (κ2) is 8.71. The molecule has 1 aromatic carbocycles. The lowest BCUT2D eigenvalue weighted by molar-refractivity contribution is -0.135. The van der Waals surface area contributed by atoms with E-state index >= 15 is 0 Å². The first-order valence-corrected chi connectivity index (χ1v) is 9.41. The number of aryl methyl sites for hydroxylation is 1. The van der Waals surface area contributed by atoms with Crippen LogP contribution in [0.25, 0.3) is 0 Å². The van der Waals surface area contributed by atoms with Gasteiger partial charge >= 0.3 is 0 Å². The van der Waals surface area contributed by atoms with Crippen molar-refractivity contribution in [2.45, 2.75) is 38.8 Å². The van der Waals surface area contributed by atoms with Crippen molar-refractivity contribution in [3.8, 4) is 5.75 Å². The van der Waals surface area contributed by atoms with Crippen LogP contribution < -0.4 is 4.74 Å².